The van der Waals surface area contributed by atoms with Gasteiger partial charge in [-0.2, -0.15) is 17.7 Å². The molecule has 0 aliphatic heterocycles. The number of hydrogen-bond acceptors (Lipinski definition) is 3. The normalized spacial score (nSPS) is 11.0. The van der Waals surface area contributed by atoms with Gasteiger partial charge in [-0.25, -0.2) is 9.50 Å². The summed E-state index contributed by atoms with van der Waals surface area (Å²) in [5, 5.41) is 5.24. The van der Waals surface area contributed by atoms with Gasteiger partial charge in [0.15, 0.2) is 5.65 Å². The Bertz CT molecular complexity index is 708. The van der Waals surface area contributed by atoms with Crippen LogP contribution in [0.3, 0.4) is 0 Å². The Morgan fingerprint density at radius 1 is 1.28 bits per heavy atom. The fourth-order valence-electron chi connectivity index (χ4n) is 1.95. The second-order valence-corrected chi connectivity index (χ2v) is 4.64. The number of nitrogens with zero attached hydrogens (tertiary/aromatic N) is 3. The molecule has 0 aliphatic rings. The van der Waals surface area contributed by atoms with Crippen molar-refractivity contribution in [1.82, 2.24) is 14.6 Å². The van der Waals surface area contributed by atoms with Crippen molar-refractivity contribution in [1.29, 1.82) is 0 Å². The van der Waals surface area contributed by atoms with Crippen LogP contribution in [-0.2, 0) is 5.75 Å². The third kappa shape index (κ3) is 1.87. The first-order valence-corrected chi connectivity index (χ1v) is 6.49. The number of hydrogen-bond donors (Lipinski definition) is 1. The minimum absolute atomic E-state index is 0.586. The van der Waals surface area contributed by atoms with E-state index in [2.05, 4.69) is 22.7 Å². The minimum atomic E-state index is 0.586. The van der Waals surface area contributed by atoms with Gasteiger partial charge in [-0.05, 0) is 18.2 Å². The van der Waals surface area contributed by atoms with Crippen molar-refractivity contribution in [3.63, 3.8) is 0 Å². The molecule has 0 saturated carbocycles. The summed E-state index contributed by atoms with van der Waals surface area (Å²) in [5.74, 6) is 0.586. The lowest BCUT2D eigenvalue weighted by atomic mass is 10.1. The van der Waals surface area contributed by atoms with Gasteiger partial charge in [0.1, 0.15) is 0 Å². The number of aromatic nitrogens is 3. The number of rotatable bonds is 2. The van der Waals surface area contributed by atoms with Gasteiger partial charge in [-0.3, -0.25) is 0 Å². The molecule has 18 heavy (non-hydrogen) atoms. The molecule has 0 bridgehead atoms. The van der Waals surface area contributed by atoms with Crippen molar-refractivity contribution in [3.05, 3.63) is 53.3 Å². The van der Waals surface area contributed by atoms with Gasteiger partial charge < -0.3 is 0 Å². The molecule has 0 unspecified atom stereocenters. The first-order chi connectivity index (χ1) is 8.79. The fraction of sp³-hybridized carbons (Fsp3) is 0.0769. The lowest BCUT2D eigenvalue weighted by Crippen LogP contribution is -1.87. The maximum absolute atomic E-state index is 6.02. The zero-order valence-corrected chi connectivity index (χ0v) is 11.1. The Labute approximate surface area is 115 Å². The van der Waals surface area contributed by atoms with E-state index in [1.54, 1.807) is 10.7 Å². The third-order valence-electron chi connectivity index (χ3n) is 2.75. The van der Waals surface area contributed by atoms with Crippen LogP contribution in [0.5, 0.6) is 0 Å². The van der Waals surface area contributed by atoms with E-state index in [1.807, 2.05) is 36.5 Å². The van der Waals surface area contributed by atoms with Crippen LogP contribution in [0.25, 0.3) is 16.9 Å². The average molecular weight is 276 g/mol. The van der Waals surface area contributed by atoms with Crippen LogP contribution in [-0.4, -0.2) is 14.6 Å². The molecule has 0 radical (unpaired) electrons. The van der Waals surface area contributed by atoms with E-state index < -0.39 is 0 Å². The van der Waals surface area contributed by atoms with E-state index >= 15 is 0 Å². The van der Waals surface area contributed by atoms with Crippen LogP contribution < -0.4 is 0 Å². The molecule has 3 nitrogen and oxygen atoms in total. The summed E-state index contributed by atoms with van der Waals surface area (Å²) >= 11 is 10.4. The largest absolute Gasteiger partial charge is 0.237 e. The van der Waals surface area contributed by atoms with Crippen LogP contribution >= 0.6 is 24.2 Å². The third-order valence-corrected chi connectivity index (χ3v) is 3.30. The van der Waals surface area contributed by atoms with Crippen molar-refractivity contribution in [2.24, 2.45) is 0 Å². The summed E-state index contributed by atoms with van der Waals surface area (Å²) in [7, 11) is 0. The predicted molar refractivity (Wildman–Crippen MR) is 76.1 cm³/mol. The summed E-state index contributed by atoms with van der Waals surface area (Å²) in [6.07, 6.45) is 3.63. The molecule has 3 aromatic rings. The Morgan fingerprint density at radius 2 is 2.17 bits per heavy atom. The summed E-state index contributed by atoms with van der Waals surface area (Å²) in [6, 6.07) is 9.50. The lowest BCUT2D eigenvalue weighted by Gasteiger charge is -2.00. The maximum Gasteiger partial charge on any atom is 0.159 e. The van der Waals surface area contributed by atoms with E-state index in [9.17, 15) is 0 Å². The molecule has 0 aliphatic carbocycles. The molecule has 2 aromatic heterocycles. The SMILES string of the molecule is SCc1c(-c2cccc(Cl)c2)nn2cccnc12. The number of fused-ring (bicyclic) bond motifs is 1. The Morgan fingerprint density at radius 3 is 2.94 bits per heavy atom. The fourth-order valence-corrected chi connectivity index (χ4v) is 2.43. The Kier molecular flexibility index (Phi) is 2.97. The second-order valence-electron chi connectivity index (χ2n) is 3.88. The van der Waals surface area contributed by atoms with Gasteiger partial charge >= 0.3 is 0 Å². The highest BCUT2D eigenvalue weighted by Gasteiger charge is 2.13. The van der Waals surface area contributed by atoms with Crippen LogP contribution in [0, 0.1) is 0 Å². The van der Waals surface area contributed by atoms with Crippen molar-refractivity contribution in [3.8, 4) is 11.3 Å². The van der Waals surface area contributed by atoms with Crippen molar-refractivity contribution in [2.75, 3.05) is 0 Å². The highest BCUT2D eigenvalue weighted by molar-refractivity contribution is 7.79. The van der Waals surface area contributed by atoms with Gasteiger partial charge in [-0.15, -0.1) is 0 Å². The van der Waals surface area contributed by atoms with Crippen molar-refractivity contribution in [2.45, 2.75) is 5.75 Å². The van der Waals surface area contributed by atoms with Crippen molar-refractivity contribution < 1.29 is 0 Å². The molecule has 5 heteroatoms. The van der Waals surface area contributed by atoms with Crippen LogP contribution in [0.2, 0.25) is 5.02 Å². The summed E-state index contributed by atoms with van der Waals surface area (Å²) in [6.45, 7) is 0. The van der Waals surface area contributed by atoms with E-state index in [4.69, 9.17) is 11.6 Å². The molecular formula is C13H10ClN3S. The Balaban J connectivity index is 2.28. The van der Waals surface area contributed by atoms with E-state index in [0.717, 1.165) is 22.5 Å². The molecule has 0 saturated heterocycles. The zero-order valence-electron chi connectivity index (χ0n) is 9.42. The van der Waals surface area contributed by atoms with E-state index in [-0.39, 0.29) is 0 Å². The van der Waals surface area contributed by atoms with E-state index in [0.29, 0.717) is 10.8 Å². The lowest BCUT2D eigenvalue weighted by molar-refractivity contribution is 0.943. The molecule has 0 spiro atoms. The van der Waals surface area contributed by atoms with Gasteiger partial charge in [0, 0.05) is 34.3 Å². The molecule has 3 rings (SSSR count). The first kappa shape index (κ1) is 11.6. The maximum atomic E-state index is 6.02. The molecule has 1 aromatic carbocycles. The molecule has 90 valence electrons. The quantitative estimate of drug-likeness (QED) is 0.726. The zero-order chi connectivity index (χ0) is 12.5. The Hall–Kier alpha value is -1.52. The summed E-state index contributed by atoms with van der Waals surface area (Å²) in [4.78, 5) is 4.34. The molecule has 2 heterocycles. The molecule has 0 N–H and O–H groups in total. The van der Waals surface area contributed by atoms with Gasteiger partial charge in [-0.1, -0.05) is 23.7 Å². The molecular weight excluding hydrogens is 266 g/mol. The summed E-state index contributed by atoms with van der Waals surface area (Å²) < 4.78 is 1.77. The van der Waals surface area contributed by atoms with Crippen LogP contribution in [0.1, 0.15) is 5.56 Å². The smallest absolute Gasteiger partial charge is 0.159 e. The first-order valence-electron chi connectivity index (χ1n) is 5.48. The predicted octanol–water partition coefficient (Wildman–Crippen LogP) is 3.48. The highest BCUT2D eigenvalue weighted by atomic mass is 35.5. The molecule has 0 amide bonds. The topological polar surface area (TPSA) is 30.2 Å². The van der Waals surface area contributed by atoms with Crippen LogP contribution in [0.4, 0.5) is 0 Å². The number of thiol groups is 1. The van der Waals surface area contributed by atoms with Gasteiger partial charge in [0.2, 0.25) is 0 Å². The minimum Gasteiger partial charge on any atom is -0.237 e. The number of halogens is 1. The monoisotopic (exact) mass is 275 g/mol. The van der Waals surface area contributed by atoms with Gasteiger partial charge in [0.25, 0.3) is 0 Å². The second kappa shape index (κ2) is 4.63. The standard InChI is InChI=1S/C13H10ClN3S/c14-10-4-1-3-9(7-10)12-11(8-18)13-15-5-2-6-17(13)16-12/h1-7,18H,8H2. The summed E-state index contributed by atoms with van der Waals surface area (Å²) in [5.41, 5.74) is 3.71. The molecule has 0 atom stereocenters. The highest BCUT2D eigenvalue weighted by Crippen LogP contribution is 2.28. The molecule has 0 fully saturated rings. The van der Waals surface area contributed by atoms with E-state index in [1.165, 1.54) is 0 Å². The number of benzene rings is 1. The average Bonchev–Trinajstić information content (AvgIpc) is 2.77. The van der Waals surface area contributed by atoms with Gasteiger partial charge in [0.05, 0.1) is 5.69 Å². The van der Waals surface area contributed by atoms with Crippen LogP contribution in [0.15, 0.2) is 42.7 Å². The van der Waals surface area contributed by atoms with Crippen molar-refractivity contribution >= 4 is 29.9 Å².